The Bertz CT molecular complexity index is 231. The van der Waals surface area contributed by atoms with E-state index in [1.807, 2.05) is 5.51 Å². The lowest BCUT2D eigenvalue weighted by molar-refractivity contribution is 0.564. The van der Waals surface area contributed by atoms with Crippen LogP contribution in [0.3, 0.4) is 0 Å². The molecule has 0 saturated heterocycles. The number of thiazole rings is 1. The number of hydrogen-bond donors (Lipinski definition) is 1. The summed E-state index contributed by atoms with van der Waals surface area (Å²) in [4.78, 5) is 5.63. The second-order valence-corrected chi connectivity index (χ2v) is 3.60. The Morgan fingerprint density at radius 3 is 3.40 bits per heavy atom. The summed E-state index contributed by atoms with van der Waals surface area (Å²) in [5, 5.41) is 0. The molecule has 10 heavy (non-hydrogen) atoms. The van der Waals surface area contributed by atoms with Gasteiger partial charge in [0.15, 0.2) is 0 Å². The molecule has 54 valence electrons. The summed E-state index contributed by atoms with van der Waals surface area (Å²) >= 11 is 1.74. The molecule has 0 fully saturated rings. The van der Waals surface area contributed by atoms with Crippen molar-refractivity contribution in [2.45, 2.75) is 25.3 Å². The Hall–Kier alpha value is -0.410. The van der Waals surface area contributed by atoms with Crippen LogP contribution in [0.15, 0.2) is 5.51 Å². The maximum atomic E-state index is 5.83. The molecule has 0 saturated carbocycles. The van der Waals surface area contributed by atoms with Crippen LogP contribution < -0.4 is 5.73 Å². The van der Waals surface area contributed by atoms with E-state index in [2.05, 4.69) is 4.98 Å². The highest BCUT2D eigenvalue weighted by molar-refractivity contribution is 7.09. The minimum Gasteiger partial charge on any atom is -0.323 e. The predicted molar refractivity (Wildman–Crippen MR) is 42.0 cm³/mol. The fourth-order valence-corrected chi connectivity index (χ4v) is 2.27. The molecular formula is C7H10N2S. The molecule has 1 atom stereocenters. The maximum absolute atomic E-state index is 5.83. The zero-order chi connectivity index (χ0) is 6.97. The number of fused-ring (bicyclic) bond motifs is 1. The topological polar surface area (TPSA) is 38.9 Å². The highest BCUT2D eigenvalue weighted by Gasteiger charge is 2.18. The van der Waals surface area contributed by atoms with Gasteiger partial charge in [0.05, 0.1) is 11.2 Å². The molecule has 1 heterocycles. The standard InChI is InChI=1S/C7H10N2S/c8-5-2-1-3-6-7(5)9-4-10-6/h4-5H,1-3,8H2. The van der Waals surface area contributed by atoms with Gasteiger partial charge in [-0.15, -0.1) is 11.3 Å². The summed E-state index contributed by atoms with van der Waals surface area (Å²) in [6.45, 7) is 0. The van der Waals surface area contributed by atoms with Gasteiger partial charge in [-0.1, -0.05) is 0 Å². The van der Waals surface area contributed by atoms with Crippen molar-refractivity contribution in [3.63, 3.8) is 0 Å². The van der Waals surface area contributed by atoms with E-state index in [4.69, 9.17) is 5.73 Å². The van der Waals surface area contributed by atoms with Crippen LogP contribution in [0.25, 0.3) is 0 Å². The van der Waals surface area contributed by atoms with E-state index in [0.717, 1.165) is 12.1 Å². The van der Waals surface area contributed by atoms with Gasteiger partial charge in [0.25, 0.3) is 0 Å². The molecule has 0 aliphatic heterocycles. The number of nitrogens with two attached hydrogens (primary N) is 1. The Morgan fingerprint density at radius 1 is 1.70 bits per heavy atom. The van der Waals surface area contributed by atoms with E-state index in [0.29, 0.717) is 0 Å². The van der Waals surface area contributed by atoms with Gasteiger partial charge in [-0.3, -0.25) is 0 Å². The monoisotopic (exact) mass is 154 g/mol. The first-order chi connectivity index (χ1) is 4.88. The first-order valence-electron chi connectivity index (χ1n) is 3.56. The Labute approximate surface area is 64.1 Å². The van der Waals surface area contributed by atoms with Crippen LogP contribution in [0, 0.1) is 0 Å². The lowest BCUT2D eigenvalue weighted by Crippen LogP contribution is -2.16. The van der Waals surface area contributed by atoms with Crippen molar-refractivity contribution in [1.82, 2.24) is 4.98 Å². The lowest BCUT2D eigenvalue weighted by atomic mass is 9.99. The molecule has 1 aliphatic carbocycles. The highest BCUT2D eigenvalue weighted by Crippen LogP contribution is 2.28. The summed E-state index contributed by atoms with van der Waals surface area (Å²) < 4.78 is 0. The number of aromatic nitrogens is 1. The molecule has 0 spiro atoms. The van der Waals surface area contributed by atoms with E-state index < -0.39 is 0 Å². The Kier molecular flexibility index (Phi) is 1.47. The van der Waals surface area contributed by atoms with Gasteiger partial charge < -0.3 is 5.73 Å². The van der Waals surface area contributed by atoms with Crippen LogP contribution in [0.4, 0.5) is 0 Å². The molecule has 3 heteroatoms. The molecule has 2 N–H and O–H groups in total. The lowest BCUT2D eigenvalue weighted by Gasteiger charge is -2.15. The molecule has 0 amide bonds. The van der Waals surface area contributed by atoms with Crippen molar-refractivity contribution in [3.8, 4) is 0 Å². The average Bonchev–Trinajstić information content (AvgIpc) is 2.36. The van der Waals surface area contributed by atoms with Crippen molar-refractivity contribution in [3.05, 3.63) is 16.1 Å². The van der Waals surface area contributed by atoms with Crippen LogP contribution in [0.5, 0.6) is 0 Å². The fourth-order valence-electron chi connectivity index (χ4n) is 1.39. The van der Waals surface area contributed by atoms with Crippen LogP contribution in [-0.2, 0) is 6.42 Å². The van der Waals surface area contributed by atoms with Gasteiger partial charge >= 0.3 is 0 Å². The van der Waals surface area contributed by atoms with Gasteiger partial charge in [0.1, 0.15) is 0 Å². The molecule has 0 radical (unpaired) electrons. The summed E-state index contributed by atoms with van der Waals surface area (Å²) in [5.41, 5.74) is 8.88. The average molecular weight is 154 g/mol. The second kappa shape index (κ2) is 2.32. The molecule has 2 nitrogen and oxygen atoms in total. The van der Waals surface area contributed by atoms with Crippen molar-refractivity contribution in [2.24, 2.45) is 5.73 Å². The van der Waals surface area contributed by atoms with E-state index >= 15 is 0 Å². The van der Waals surface area contributed by atoms with Gasteiger partial charge in [-0.2, -0.15) is 0 Å². The third kappa shape index (κ3) is 0.859. The summed E-state index contributed by atoms with van der Waals surface area (Å²) in [5.74, 6) is 0. The minimum absolute atomic E-state index is 0.218. The van der Waals surface area contributed by atoms with Crippen molar-refractivity contribution in [1.29, 1.82) is 0 Å². The number of aryl methyl sites for hydroxylation is 1. The van der Waals surface area contributed by atoms with Crippen LogP contribution in [0.2, 0.25) is 0 Å². The smallest absolute Gasteiger partial charge is 0.0798 e. The summed E-state index contributed by atoms with van der Waals surface area (Å²) in [7, 11) is 0. The van der Waals surface area contributed by atoms with E-state index in [1.54, 1.807) is 11.3 Å². The molecule has 1 aliphatic rings. The Balaban J connectivity index is 2.41. The molecule has 0 aromatic carbocycles. The van der Waals surface area contributed by atoms with Crippen LogP contribution in [-0.4, -0.2) is 4.98 Å². The normalized spacial score (nSPS) is 24.3. The Morgan fingerprint density at radius 2 is 2.60 bits per heavy atom. The fraction of sp³-hybridized carbons (Fsp3) is 0.571. The summed E-state index contributed by atoms with van der Waals surface area (Å²) in [6, 6.07) is 0.218. The second-order valence-electron chi connectivity index (χ2n) is 2.66. The summed E-state index contributed by atoms with van der Waals surface area (Å²) in [6.07, 6.45) is 3.53. The van der Waals surface area contributed by atoms with E-state index in [-0.39, 0.29) is 6.04 Å². The predicted octanol–water partition coefficient (Wildman–Crippen LogP) is 1.48. The van der Waals surface area contributed by atoms with Gasteiger partial charge in [-0.25, -0.2) is 4.98 Å². The van der Waals surface area contributed by atoms with Crippen molar-refractivity contribution < 1.29 is 0 Å². The first-order valence-corrected chi connectivity index (χ1v) is 4.44. The first kappa shape index (κ1) is 6.31. The molecule has 1 aromatic rings. The largest absolute Gasteiger partial charge is 0.323 e. The van der Waals surface area contributed by atoms with Crippen LogP contribution >= 0.6 is 11.3 Å². The molecule has 1 aromatic heterocycles. The maximum Gasteiger partial charge on any atom is 0.0798 e. The zero-order valence-electron chi connectivity index (χ0n) is 5.71. The quantitative estimate of drug-likeness (QED) is 0.614. The molecule has 0 bridgehead atoms. The number of rotatable bonds is 0. The van der Waals surface area contributed by atoms with Crippen molar-refractivity contribution in [2.75, 3.05) is 0 Å². The number of nitrogens with zero attached hydrogens (tertiary/aromatic N) is 1. The van der Waals surface area contributed by atoms with Gasteiger partial charge in [0, 0.05) is 10.9 Å². The molecular weight excluding hydrogens is 144 g/mol. The van der Waals surface area contributed by atoms with E-state index in [1.165, 1.54) is 17.7 Å². The van der Waals surface area contributed by atoms with E-state index in [9.17, 15) is 0 Å². The third-order valence-corrected chi connectivity index (χ3v) is 2.85. The van der Waals surface area contributed by atoms with Crippen LogP contribution in [0.1, 0.15) is 29.5 Å². The molecule has 2 rings (SSSR count). The minimum atomic E-state index is 0.218. The molecule has 1 unspecified atom stereocenters. The zero-order valence-corrected chi connectivity index (χ0v) is 6.53. The highest BCUT2D eigenvalue weighted by atomic mass is 32.1. The van der Waals surface area contributed by atoms with Crippen molar-refractivity contribution >= 4 is 11.3 Å². The van der Waals surface area contributed by atoms with Gasteiger partial charge in [-0.05, 0) is 19.3 Å². The SMILES string of the molecule is NC1CCCc2scnc21. The van der Waals surface area contributed by atoms with Gasteiger partial charge in [0.2, 0.25) is 0 Å². The number of hydrogen-bond acceptors (Lipinski definition) is 3. The third-order valence-electron chi connectivity index (χ3n) is 1.94.